The van der Waals surface area contributed by atoms with E-state index in [1.165, 1.54) is 22.3 Å². The fourth-order valence-electron chi connectivity index (χ4n) is 2.79. The van der Waals surface area contributed by atoms with E-state index < -0.39 is 0 Å². The van der Waals surface area contributed by atoms with Crippen molar-refractivity contribution in [2.24, 2.45) is 0 Å². The number of benzene rings is 2. The van der Waals surface area contributed by atoms with E-state index in [1.54, 1.807) is 7.11 Å². The average molecular weight is 239 g/mol. The van der Waals surface area contributed by atoms with Gasteiger partial charge >= 0.3 is 0 Å². The lowest BCUT2D eigenvalue weighted by molar-refractivity contribution is 0.405. The maximum absolute atomic E-state index is 5.47. The molecule has 2 nitrogen and oxygen atoms in total. The summed E-state index contributed by atoms with van der Waals surface area (Å²) >= 11 is 0. The minimum absolute atomic E-state index is 0.248. The average Bonchev–Trinajstić information content (AvgIpc) is 2.84. The van der Waals surface area contributed by atoms with E-state index in [0.717, 1.165) is 12.3 Å². The van der Waals surface area contributed by atoms with Crippen molar-refractivity contribution < 1.29 is 4.74 Å². The molecular formula is C16H17NO. The summed E-state index contributed by atoms with van der Waals surface area (Å²) in [5.74, 6) is 0.950. The lowest BCUT2D eigenvalue weighted by atomic mass is 9.94. The number of aryl methyl sites for hydroxylation is 1. The van der Waals surface area contributed by atoms with Gasteiger partial charge in [0.1, 0.15) is 5.75 Å². The second-order valence-corrected chi connectivity index (χ2v) is 4.70. The summed E-state index contributed by atoms with van der Waals surface area (Å²) in [6.45, 7) is 3.11. The van der Waals surface area contributed by atoms with Gasteiger partial charge in [-0.3, -0.25) is 0 Å². The first-order valence-corrected chi connectivity index (χ1v) is 6.26. The van der Waals surface area contributed by atoms with Gasteiger partial charge in [-0.1, -0.05) is 36.4 Å². The molecule has 92 valence electrons. The van der Waals surface area contributed by atoms with Crippen LogP contribution in [-0.4, -0.2) is 7.11 Å². The van der Waals surface area contributed by atoms with Crippen LogP contribution in [-0.2, 0) is 6.54 Å². The number of nitrogens with one attached hydrogen (secondary N) is 1. The number of rotatable bonds is 2. The van der Waals surface area contributed by atoms with E-state index in [2.05, 4.69) is 42.6 Å². The quantitative estimate of drug-likeness (QED) is 0.869. The highest BCUT2D eigenvalue weighted by atomic mass is 16.5. The van der Waals surface area contributed by atoms with Gasteiger partial charge in [0.15, 0.2) is 0 Å². The Morgan fingerprint density at radius 3 is 2.78 bits per heavy atom. The zero-order valence-electron chi connectivity index (χ0n) is 10.7. The molecule has 3 rings (SSSR count). The third-order valence-electron chi connectivity index (χ3n) is 3.65. The van der Waals surface area contributed by atoms with Gasteiger partial charge in [-0.2, -0.15) is 0 Å². The normalized spacial score (nSPS) is 17.6. The molecule has 0 fully saturated rings. The molecule has 0 spiro atoms. The highest BCUT2D eigenvalue weighted by Crippen LogP contribution is 2.37. The Bertz CT molecular complexity index is 577. The van der Waals surface area contributed by atoms with Crippen molar-refractivity contribution in [2.75, 3.05) is 7.11 Å². The third-order valence-corrected chi connectivity index (χ3v) is 3.65. The van der Waals surface area contributed by atoms with Gasteiger partial charge in [0, 0.05) is 12.1 Å². The van der Waals surface area contributed by atoms with E-state index in [9.17, 15) is 0 Å². The van der Waals surface area contributed by atoms with Gasteiger partial charge in [-0.15, -0.1) is 0 Å². The smallest absolute Gasteiger partial charge is 0.123 e. The van der Waals surface area contributed by atoms with Gasteiger partial charge in [-0.05, 0) is 29.7 Å². The largest absolute Gasteiger partial charge is 0.496 e. The Labute approximate surface area is 108 Å². The maximum atomic E-state index is 5.47. The van der Waals surface area contributed by atoms with Crippen molar-refractivity contribution >= 4 is 0 Å². The molecule has 18 heavy (non-hydrogen) atoms. The van der Waals surface area contributed by atoms with E-state index in [4.69, 9.17) is 4.74 Å². The van der Waals surface area contributed by atoms with Crippen molar-refractivity contribution in [3.63, 3.8) is 0 Å². The number of ether oxygens (including phenoxy) is 1. The summed E-state index contributed by atoms with van der Waals surface area (Å²) in [6, 6.07) is 15.0. The number of fused-ring (bicyclic) bond motifs is 1. The molecular weight excluding hydrogens is 222 g/mol. The first kappa shape index (κ1) is 11.3. The number of para-hydroxylation sites is 1. The fourth-order valence-corrected chi connectivity index (χ4v) is 2.79. The molecule has 0 aliphatic carbocycles. The van der Waals surface area contributed by atoms with Crippen LogP contribution in [0.3, 0.4) is 0 Å². The molecule has 0 saturated heterocycles. The molecule has 1 aliphatic rings. The molecule has 0 aromatic heterocycles. The van der Waals surface area contributed by atoms with Crippen molar-refractivity contribution in [3.8, 4) is 5.75 Å². The maximum Gasteiger partial charge on any atom is 0.123 e. The van der Waals surface area contributed by atoms with Gasteiger partial charge in [0.25, 0.3) is 0 Å². The van der Waals surface area contributed by atoms with Gasteiger partial charge in [-0.25, -0.2) is 0 Å². The summed E-state index contributed by atoms with van der Waals surface area (Å²) < 4.78 is 5.47. The predicted molar refractivity (Wildman–Crippen MR) is 72.9 cm³/mol. The Morgan fingerprint density at radius 2 is 1.94 bits per heavy atom. The molecule has 1 unspecified atom stereocenters. The van der Waals surface area contributed by atoms with Crippen LogP contribution >= 0.6 is 0 Å². The van der Waals surface area contributed by atoms with Crippen LogP contribution in [0.15, 0.2) is 42.5 Å². The summed E-state index contributed by atoms with van der Waals surface area (Å²) in [6.07, 6.45) is 0. The van der Waals surface area contributed by atoms with Crippen LogP contribution in [0.25, 0.3) is 0 Å². The minimum atomic E-state index is 0.248. The molecule has 0 saturated carbocycles. The van der Waals surface area contributed by atoms with Crippen molar-refractivity contribution in [1.82, 2.24) is 5.32 Å². The summed E-state index contributed by atoms with van der Waals surface area (Å²) in [7, 11) is 1.73. The molecule has 2 aromatic carbocycles. The summed E-state index contributed by atoms with van der Waals surface area (Å²) in [5.41, 5.74) is 5.36. The molecule has 0 amide bonds. The Balaban J connectivity index is 2.12. The molecule has 1 atom stereocenters. The van der Waals surface area contributed by atoms with Gasteiger partial charge < -0.3 is 10.1 Å². The molecule has 0 bridgehead atoms. The SMILES string of the molecule is COc1ccccc1C1NCc2cccc(C)c21. The van der Waals surface area contributed by atoms with Crippen molar-refractivity contribution in [1.29, 1.82) is 0 Å². The monoisotopic (exact) mass is 239 g/mol. The third kappa shape index (κ3) is 1.70. The topological polar surface area (TPSA) is 21.3 Å². The predicted octanol–water partition coefficient (Wildman–Crippen LogP) is 3.20. The second-order valence-electron chi connectivity index (χ2n) is 4.70. The van der Waals surface area contributed by atoms with Crippen molar-refractivity contribution in [3.05, 3.63) is 64.7 Å². The highest BCUT2D eigenvalue weighted by molar-refractivity contribution is 5.49. The van der Waals surface area contributed by atoms with E-state index >= 15 is 0 Å². The van der Waals surface area contributed by atoms with Crippen LogP contribution in [0.2, 0.25) is 0 Å². The Hall–Kier alpha value is -1.80. The van der Waals surface area contributed by atoms with Crippen LogP contribution in [0.1, 0.15) is 28.3 Å². The summed E-state index contributed by atoms with van der Waals surface area (Å²) in [4.78, 5) is 0. The second kappa shape index (κ2) is 4.46. The van der Waals surface area contributed by atoms with Gasteiger partial charge in [0.05, 0.1) is 13.2 Å². The molecule has 1 heterocycles. The van der Waals surface area contributed by atoms with Crippen LogP contribution in [0.5, 0.6) is 5.75 Å². The van der Waals surface area contributed by atoms with E-state index in [-0.39, 0.29) is 6.04 Å². The fraction of sp³-hybridized carbons (Fsp3) is 0.250. The molecule has 1 N–H and O–H groups in total. The lowest BCUT2D eigenvalue weighted by Gasteiger charge is -2.17. The number of hydrogen-bond acceptors (Lipinski definition) is 2. The van der Waals surface area contributed by atoms with Crippen LogP contribution in [0, 0.1) is 6.92 Å². The van der Waals surface area contributed by atoms with E-state index in [1.807, 2.05) is 12.1 Å². The Morgan fingerprint density at radius 1 is 1.11 bits per heavy atom. The zero-order chi connectivity index (χ0) is 12.5. The lowest BCUT2D eigenvalue weighted by Crippen LogP contribution is -2.14. The summed E-state index contributed by atoms with van der Waals surface area (Å²) in [5, 5.41) is 3.57. The zero-order valence-corrected chi connectivity index (χ0v) is 10.7. The molecule has 2 heteroatoms. The first-order chi connectivity index (χ1) is 8.81. The van der Waals surface area contributed by atoms with Crippen molar-refractivity contribution in [2.45, 2.75) is 19.5 Å². The van der Waals surface area contributed by atoms with Crippen LogP contribution in [0.4, 0.5) is 0 Å². The molecule has 2 aromatic rings. The minimum Gasteiger partial charge on any atom is -0.496 e. The molecule has 1 aliphatic heterocycles. The molecule has 0 radical (unpaired) electrons. The van der Waals surface area contributed by atoms with E-state index in [0.29, 0.717) is 0 Å². The Kier molecular flexibility index (Phi) is 2.80. The first-order valence-electron chi connectivity index (χ1n) is 6.26. The number of hydrogen-bond donors (Lipinski definition) is 1. The standard InChI is InChI=1S/C16H17NO/c1-11-6-5-7-12-10-17-16(15(11)12)13-8-3-4-9-14(13)18-2/h3-9,16-17H,10H2,1-2H3. The number of methoxy groups -OCH3 is 1. The van der Waals surface area contributed by atoms with Crippen LogP contribution < -0.4 is 10.1 Å². The highest BCUT2D eigenvalue weighted by Gasteiger charge is 2.26. The van der Waals surface area contributed by atoms with Gasteiger partial charge in [0.2, 0.25) is 0 Å².